The number of nitrogens with zero attached hydrogens (tertiary/aromatic N) is 2. The van der Waals surface area contributed by atoms with Crippen LogP contribution in [0, 0.1) is 0 Å². The minimum absolute atomic E-state index is 0.0478. The standard InChI is InChI=1S/C21H29N3O5/c1-27-17-9-8-14(10-18(17)28-2)11-24-16-12-23(13-19(16)29-21(24)26)20(25)22-15-6-4-3-5-7-15/h8-10,15-16,19H,3-7,11-13H2,1-2H3,(H,22,25)/t16-,19+/m0/s1. The van der Waals surface area contributed by atoms with E-state index in [1.165, 1.54) is 19.3 Å². The predicted octanol–water partition coefficient (Wildman–Crippen LogP) is 2.75. The Bertz CT molecular complexity index is 765. The Kier molecular flexibility index (Phi) is 5.69. The Morgan fingerprint density at radius 3 is 2.62 bits per heavy atom. The smallest absolute Gasteiger partial charge is 0.410 e. The zero-order valence-electron chi connectivity index (χ0n) is 17.1. The van der Waals surface area contributed by atoms with Gasteiger partial charge in [-0.2, -0.15) is 0 Å². The molecule has 1 N–H and O–H groups in total. The molecule has 1 saturated carbocycles. The molecule has 29 heavy (non-hydrogen) atoms. The fourth-order valence-corrected chi connectivity index (χ4v) is 4.54. The molecule has 1 aromatic rings. The molecule has 2 aliphatic heterocycles. The van der Waals surface area contributed by atoms with Gasteiger partial charge < -0.3 is 24.4 Å². The lowest BCUT2D eigenvalue weighted by atomic mass is 9.96. The summed E-state index contributed by atoms with van der Waals surface area (Å²) in [6.07, 6.45) is 5.09. The zero-order valence-corrected chi connectivity index (χ0v) is 17.1. The highest BCUT2D eigenvalue weighted by Crippen LogP contribution is 2.32. The lowest BCUT2D eigenvalue weighted by Gasteiger charge is -2.27. The molecule has 2 saturated heterocycles. The highest BCUT2D eigenvalue weighted by atomic mass is 16.6. The van der Waals surface area contributed by atoms with Crippen molar-refractivity contribution in [1.82, 2.24) is 15.1 Å². The van der Waals surface area contributed by atoms with Gasteiger partial charge in [-0.3, -0.25) is 4.90 Å². The average Bonchev–Trinajstić information content (AvgIpc) is 3.27. The molecule has 158 valence electrons. The van der Waals surface area contributed by atoms with Crippen molar-refractivity contribution in [1.29, 1.82) is 0 Å². The summed E-state index contributed by atoms with van der Waals surface area (Å²) in [5, 5.41) is 3.15. The molecule has 3 fully saturated rings. The number of ether oxygens (including phenoxy) is 3. The minimum Gasteiger partial charge on any atom is -0.493 e. The van der Waals surface area contributed by atoms with E-state index >= 15 is 0 Å². The van der Waals surface area contributed by atoms with Gasteiger partial charge in [-0.05, 0) is 30.5 Å². The number of hydrogen-bond acceptors (Lipinski definition) is 5. The average molecular weight is 403 g/mol. The molecule has 1 aromatic carbocycles. The normalized spacial score (nSPS) is 24.3. The molecule has 8 nitrogen and oxygen atoms in total. The van der Waals surface area contributed by atoms with E-state index in [0.717, 1.165) is 18.4 Å². The van der Waals surface area contributed by atoms with E-state index in [4.69, 9.17) is 14.2 Å². The van der Waals surface area contributed by atoms with Gasteiger partial charge in [0.15, 0.2) is 11.5 Å². The second kappa shape index (κ2) is 8.39. The fraction of sp³-hybridized carbons (Fsp3) is 0.619. The van der Waals surface area contributed by atoms with Crippen LogP contribution in [0.1, 0.15) is 37.7 Å². The van der Waals surface area contributed by atoms with Gasteiger partial charge >= 0.3 is 12.1 Å². The molecule has 3 amide bonds. The van der Waals surface area contributed by atoms with E-state index in [9.17, 15) is 9.59 Å². The van der Waals surface area contributed by atoms with Crippen molar-refractivity contribution in [3.05, 3.63) is 23.8 Å². The number of nitrogens with one attached hydrogen (secondary N) is 1. The van der Waals surface area contributed by atoms with Crippen molar-refractivity contribution in [3.63, 3.8) is 0 Å². The van der Waals surface area contributed by atoms with Crippen molar-refractivity contribution in [2.24, 2.45) is 0 Å². The maximum Gasteiger partial charge on any atom is 0.410 e. The highest BCUT2D eigenvalue weighted by molar-refractivity contribution is 5.77. The second-order valence-corrected chi connectivity index (χ2v) is 8.00. The largest absolute Gasteiger partial charge is 0.493 e. The van der Waals surface area contributed by atoms with Crippen LogP contribution in [0.25, 0.3) is 0 Å². The molecule has 0 radical (unpaired) electrons. The summed E-state index contributed by atoms with van der Waals surface area (Å²) in [6.45, 7) is 1.33. The summed E-state index contributed by atoms with van der Waals surface area (Å²) in [4.78, 5) is 28.5. The Labute approximate surface area is 171 Å². The van der Waals surface area contributed by atoms with Gasteiger partial charge in [0.05, 0.1) is 26.8 Å². The molecule has 0 spiro atoms. The first-order valence-electron chi connectivity index (χ1n) is 10.3. The van der Waals surface area contributed by atoms with Crippen LogP contribution >= 0.6 is 0 Å². The summed E-state index contributed by atoms with van der Waals surface area (Å²) < 4.78 is 16.2. The summed E-state index contributed by atoms with van der Waals surface area (Å²) in [5.74, 6) is 1.26. The number of likely N-dealkylation sites (tertiary alicyclic amines) is 1. The molecule has 0 unspecified atom stereocenters. The van der Waals surface area contributed by atoms with E-state index in [1.807, 2.05) is 18.2 Å². The van der Waals surface area contributed by atoms with Gasteiger partial charge in [0, 0.05) is 19.1 Å². The number of urea groups is 1. The van der Waals surface area contributed by atoms with Crippen molar-refractivity contribution in [2.45, 2.75) is 56.8 Å². The van der Waals surface area contributed by atoms with Crippen molar-refractivity contribution < 1.29 is 23.8 Å². The third-order valence-electron chi connectivity index (χ3n) is 6.14. The first-order chi connectivity index (χ1) is 14.1. The van der Waals surface area contributed by atoms with Gasteiger partial charge in [0.2, 0.25) is 0 Å². The van der Waals surface area contributed by atoms with Crippen LogP contribution in [-0.4, -0.2) is 67.4 Å². The van der Waals surface area contributed by atoms with E-state index in [1.54, 1.807) is 24.0 Å². The molecular weight excluding hydrogens is 374 g/mol. The number of carbonyl (C=O) groups is 2. The molecule has 2 atom stereocenters. The maximum absolute atomic E-state index is 12.7. The number of fused-ring (bicyclic) bond motifs is 1. The molecule has 8 heteroatoms. The van der Waals surface area contributed by atoms with Crippen LogP contribution in [-0.2, 0) is 11.3 Å². The van der Waals surface area contributed by atoms with E-state index in [-0.39, 0.29) is 30.3 Å². The van der Waals surface area contributed by atoms with Gasteiger partial charge in [0.1, 0.15) is 6.10 Å². The first-order valence-corrected chi connectivity index (χ1v) is 10.3. The monoisotopic (exact) mass is 403 g/mol. The van der Waals surface area contributed by atoms with Crippen LogP contribution < -0.4 is 14.8 Å². The van der Waals surface area contributed by atoms with Crippen LogP contribution in [0.4, 0.5) is 9.59 Å². The number of rotatable bonds is 5. The van der Waals surface area contributed by atoms with E-state index in [0.29, 0.717) is 31.1 Å². The number of hydrogen-bond donors (Lipinski definition) is 1. The SMILES string of the molecule is COc1ccc(CN2C(=O)O[C@@H]3CN(C(=O)NC4CCCCC4)C[C@@H]32)cc1OC. The number of benzene rings is 1. The van der Waals surface area contributed by atoms with Gasteiger partial charge in [-0.15, -0.1) is 0 Å². The summed E-state index contributed by atoms with van der Waals surface area (Å²) in [7, 11) is 3.17. The van der Waals surface area contributed by atoms with Crippen LogP contribution in [0.5, 0.6) is 11.5 Å². The minimum atomic E-state index is -0.331. The molecule has 0 bridgehead atoms. The third-order valence-corrected chi connectivity index (χ3v) is 6.14. The Balaban J connectivity index is 1.39. The summed E-state index contributed by atoms with van der Waals surface area (Å²) in [6, 6.07) is 5.68. The second-order valence-electron chi connectivity index (χ2n) is 8.00. The van der Waals surface area contributed by atoms with Gasteiger partial charge in [-0.25, -0.2) is 9.59 Å². The fourth-order valence-electron chi connectivity index (χ4n) is 4.54. The maximum atomic E-state index is 12.7. The zero-order chi connectivity index (χ0) is 20.4. The van der Waals surface area contributed by atoms with E-state index < -0.39 is 0 Å². The first kappa shape index (κ1) is 19.7. The lowest BCUT2D eigenvalue weighted by molar-refractivity contribution is 0.121. The van der Waals surface area contributed by atoms with Crippen LogP contribution in [0.15, 0.2) is 18.2 Å². The van der Waals surface area contributed by atoms with Crippen molar-refractivity contribution >= 4 is 12.1 Å². The summed E-state index contributed by atoms with van der Waals surface area (Å²) >= 11 is 0. The number of amides is 3. The predicted molar refractivity (Wildman–Crippen MR) is 106 cm³/mol. The Morgan fingerprint density at radius 2 is 1.90 bits per heavy atom. The van der Waals surface area contributed by atoms with Crippen molar-refractivity contribution in [2.75, 3.05) is 27.3 Å². The molecule has 4 rings (SSSR count). The van der Waals surface area contributed by atoms with Crippen LogP contribution in [0.3, 0.4) is 0 Å². The Morgan fingerprint density at radius 1 is 1.14 bits per heavy atom. The van der Waals surface area contributed by atoms with Gasteiger partial charge in [-0.1, -0.05) is 25.3 Å². The molecule has 1 aliphatic carbocycles. The highest BCUT2D eigenvalue weighted by Gasteiger charge is 2.49. The molecule has 2 heterocycles. The van der Waals surface area contributed by atoms with E-state index in [2.05, 4.69) is 5.32 Å². The number of methoxy groups -OCH3 is 2. The third kappa shape index (κ3) is 4.06. The van der Waals surface area contributed by atoms with Gasteiger partial charge in [0.25, 0.3) is 0 Å². The van der Waals surface area contributed by atoms with Crippen molar-refractivity contribution in [3.8, 4) is 11.5 Å². The number of carbonyl (C=O) groups excluding carboxylic acids is 2. The molecular formula is C21H29N3O5. The topological polar surface area (TPSA) is 80.3 Å². The van der Waals surface area contributed by atoms with Crippen LogP contribution in [0.2, 0.25) is 0 Å². The quantitative estimate of drug-likeness (QED) is 0.818. The lowest BCUT2D eigenvalue weighted by Crippen LogP contribution is -2.46. The summed E-state index contributed by atoms with van der Waals surface area (Å²) in [5.41, 5.74) is 0.922. The molecule has 3 aliphatic rings. The molecule has 0 aromatic heterocycles. The Hall–Kier alpha value is -2.64.